The number of amides is 1. The van der Waals surface area contributed by atoms with Gasteiger partial charge in [0.15, 0.2) is 0 Å². The van der Waals surface area contributed by atoms with Crippen LogP contribution >= 0.6 is 0 Å². The molecule has 0 aromatic heterocycles. The molecule has 0 radical (unpaired) electrons. The summed E-state index contributed by atoms with van der Waals surface area (Å²) in [5.74, 6) is -0.283. The summed E-state index contributed by atoms with van der Waals surface area (Å²) in [5.41, 5.74) is 5.45. The molecule has 0 aliphatic rings. The van der Waals surface area contributed by atoms with E-state index in [4.69, 9.17) is 11.0 Å². The van der Waals surface area contributed by atoms with Gasteiger partial charge in [-0.3, -0.25) is 14.9 Å². The van der Waals surface area contributed by atoms with Crippen LogP contribution in [0.1, 0.15) is 32.3 Å². The first kappa shape index (κ1) is 15.6. The molecule has 106 valence electrons. The number of anilines is 1. The van der Waals surface area contributed by atoms with E-state index in [1.54, 1.807) is 0 Å². The van der Waals surface area contributed by atoms with Gasteiger partial charge >= 0.3 is 0 Å². The van der Waals surface area contributed by atoms with Crippen molar-refractivity contribution < 1.29 is 9.72 Å². The monoisotopic (exact) mass is 276 g/mol. The number of hydrogen-bond acceptors (Lipinski definition) is 5. The maximum Gasteiger partial charge on any atom is 0.270 e. The van der Waals surface area contributed by atoms with Gasteiger partial charge in [-0.25, -0.2) is 0 Å². The lowest BCUT2D eigenvalue weighted by Crippen LogP contribution is -2.33. The average Bonchev–Trinajstić information content (AvgIpc) is 2.35. The van der Waals surface area contributed by atoms with Crippen LogP contribution in [-0.2, 0) is 4.79 Å². The van der Waals surface area contributed by atoms with Crippen molar-refractivity contribution in [2.45, 2.75) is 32.2 Å². The Hall–Kier alpha value is -2.46. The maximum absolute atomic E-state index is 11.7. The lowest BCUT2D eigenvalue weighted by atomic mass is 10.00. The molecule has 0 fully saturated rings. The second kappa shape index (κ2) is 6.12. The van der Waals surface area contributed by atoms with E-state index in [1.165, 1.54) is 12.1 Å². The highest BCUT2D eigenvalue weighted by Gasteiger charge is 2.15. The van der Waals surface area contributed by atoms with Gasteiger partial charge in [-0.2, -0.15) is 5.26 Å². The fourth-order valence-corrected chi connectivity index (χ4v) is 1.50. The zero-order chi connectivity index (χ0) is 15.3. The van der Waals surface area contributed by atoms with E-state index in [-0.39, 0.29) is 29.3 Å². The molecule has 20 heavy (non-hydrogen) atoms. The van der Waals surface area contributed by atoms with Crippen molar-refractivity contribution in [1.82, 2.24) is 0 Å². The highest BCUT2D eigenvalue weighted by atomic mass is 16.6. The number of nitrogens with zero attached hydrogens (tertiary/aromatic N) is 2. The number of nitro groups is 1. The zero-order valence-corrected chi connectivity index (χ0v) is 11.3. The molecule has 1 amide bonds. The molecule has 0 unspecified atom stereocenters. The predicted octanol–water partition coefficient (Wildman–Crippen LogP) is 1.92. The number of nitrogens with one attached hydrogen (secondary N) is 1. The molecule has 7 heteroatoms. The lowest BCUT2D eigenvalue weighted by molar-refractivity contribution is -0.384. The van der Waals surface area contributed by atoms with Crippen LogP contribution in [0.15, 0.2) is 18.2 Å². The van der Waals surface area contributed by atoms with Gasteiger partial charge in [0.2, 0.25) is 5.91 Å². The van der Waals surface area contributed by atoms with E-state index in [2.05, 4.69) is 5.32 Å². The van der Waals surface area contributed by atoms with E-state index in [1.807, 2.05) is 19.9 Å². The van der Waals surface area contributed by atoms with Gasteiger partial charge in [0.05, 0.1) is 16.2 Å². The third-order valence-electron chi connectivity index (χ3n) is 2.60. The Balaban J connectivity index is 2.80. The van der Waals surface area contributed by atoms with Crippen LogP contribution in [0.3, 0.4) is 0 Å². The Bertz CT molecular complexity index is 570. The van der Waals surface area contributed by atoms with Crippen LogP contribution in [0.25, 0.3) is 0 Å². The largest absolute Gasteiger partial charge is 0.326 e. The normalized spacial score (nSPS) is 10.7. The summed E-state index contributed by atoms with van der Waals surface area (Å²) in [4.78, 5) is 21.8. The number of non-ortho nitro benzene ring substituents is 1. The molecule has 0 atom stereocenters. The summed E-state index contributed by atoms with van der Waals surface area (Å²) in [6.07, 6.45) is 0.707. The second-order valence-electron chi connectivity index (χ2n) is 5.14. The quantitative estimate of drug-likeness (QED) is 0.628. The van der Waals surface area contributed by atoms with Crippen molar-refractivity contribution in [3.05, 3.63) is 33.9 Å². The Morgan fingerprint density at radius 3 is 2.70 bits per heavy atom. The topological polar surface area (TPSA) is 122 Å². The number of rotatable bonds is 5. The highest BCUT2D eigenvalue weighted by molar-refractivity contribution is 5.92. The molecule has 1 aromatic carbocycles. The van der Waals surface area contributed by atoms with Gasteiger partial charge in [-0.1, -0.05) is 0 Å². The van der Waals surface area contributed by atoms with E-state index in [9.17, 15) is 14.9 Å². The molecule has 0 saturated carbocycles. The standard InChI is InChI=1S/C13H16N4O3/c1-13(2,15)6-5-12(18)16-11-4-3-10(17(19)20)7-9(11)8-14/h3-4,7H,5-6,15H2,1-2H3,(H,16,18). The number of carbonyl (C=O) groups excluding carboxylic acids is 1. The number of benzene rings is 1. The number of nitrogens with two attached hydrogens (primary N) is 1. The Morgan fingerprint density at radius 2 is 2.20 bits per heavy atom. The van der Waals surface area contributed by atoms with Gasteiger partial charge in [0.25, 0.3) is 5.69 Å². The van der Waals surface area contributed by atoms with Crippen molar-refractivity contribution in [2.24, 2.45) is 5.73 Å². The molecule has 0 bridgehead atoms. The van der Waals surface area contributed by atoms with Crippen molar-refractivity contribution >= 4 is 17.3 Å². The second-order valence-corrected chi connectivity index (χ2v) is 5.14. The molecule has 0 saturated heterocycles. The summed E-state index contributed by atoms with van der Waals surface area (Å²) < 4.78 is 0. The Kier molecular flexibility index (Phi) is 4.78. The predicted molar refractivity (Wildman–Crippen MR) is 73.9 cm³/mol. The summed E-state index contributed by atoms with van der Waals surface area (Å²) in [6, 6.07) is 5.54. The molecule has 0 spiro atoms. The number of nitriles is 1. The van der Waals surface area contributed by atoms with Crippen LogP contribution in [0.4, 0.5) is 11.4 Å². The summed E-state index contributed by atoms with van der Waals surface area (Å²) in [6.45, 7) is 3.62. The lowest BCUT2D eigenvalue weighted by Gasteiger charge is -2.17. The molecule has 1 aromatic rings. The van der Waals surface area contributed by atoms with Crippen LogP contribution in [-0.4, -0.2) is 16.4 Å². The molecule has 1 rings (SSSR count). The molecule has 7 nitrogen and oxygen atoms in total. The van der Waals surface area contributed by atoms with Crippen LogP contribution < -0.4 is 11.1 Å². The number of carbonyl (C=O) groups is 1. The molecule has 3 N–H and O–H groups in total. The minimum atomic E-state index is -0.594. The van der Waals surface area contributed by atoms with Crippen molar-refractivity contribution in [2.75, 3.05) is 5.32 Å². The van der Waals surface area contributed by atoms with Gasteiger partial charge in [0.1, 0.15) is 6.07 Å². The van der Waals surface area contributed by atoms with E-state index in [0.717, 1.165) is 6.07 Å². The average molecular weight is 276 g/mol. The molecule has 0 aliphatic heterocycles. The Morgan fingerprint density at radius 1 is 1.55 bits per heavy atom. The summed E-state index contributed by atoms with van der Waals surface area (Å²) >= 11 is 0. The van der Waals surface area contributed by atoms with Gasteiger partial charge < -0.3 is 11.1 Å². The van der Waals surface area contributed by atoms with E-state index < -0.39 is 10.5 Å². The minimum Gasteiger partial charge on any atom is -0.326 e. The van der Waals surface area contributed by atoms with E-state index in [0.29, 0.717) is 6.42 Å². The van der Waals surface area contributed by atoms with Crippen molar-refractivity contribution in [3.63, 3.8) is 0 Å². The summed E-state index contributed by atoms with van der Waals surface area (Å²) in [7, 11) is 0. The Labute approximate surface area is 116 Å². The first-order valence-electron chi connectivity index (χ1n) is 6.00. The van der Waals surface area contributed by atoms with Crippen molar-refractivity contribution in [3.8, 4) is 6.07 Å². The minimum absolute atomic E-state index is 0.0551. The highest BCUT2D eigenvalue weighted by Crippen LogP contribution is 2.21. The van der Waals surface area contributed by atoms with E-state index >= 15 is 0 Å². The van der Waals surface area contributed by atoms with Crippen LogP contribution in [0, 0.1) is 21.4 Å². The third-order valence-corrected chi connectivity index (χ3v) is 2.60. The van der Waals surface area contributed by atoms with Gasteiger partial charge in [-0.15, -0.1) is 0 Å². The first-order valence-corrected chi connectivity index (χ1v) is 6.00. The third kappa shape index (κ3) is 4.66. The zero-order valence-electron chi connectivity index (χ0n) is 11.3. The number of hydrogen-bond donors (Lipinski definition) is 2. The fourth-order valence-electron chi connectivity index (χ4n) is 1.50. The summed E-state index contributed by atoms with van der Waals surface area (Å²) in [5, 5.41) is 22.1. The maximum atomic E-state index is 11.7. The van der Waals surface area contributed by atoms with Crippen LogP contribution in [0.5, 0.6) is 0 Å². The SMILES string of the molecule is CC(C)(N)CCC(=O)Nc1ccc([N+](=O)[O-])cc1C#N. The first-order chi connectivity index (χ1) is 9.23. The van der Waals surface area contributed by atoms with Crippen LogP contribution in [0.2, 0.25) is 0 Å². The van der Waals surface area contributed by atoms with Gasteiger partial charge in [0, 0.05) is 24.1 Å². The fraction of sp³-hybridized carbons (Fsp3) is 0.385. The molecular formula is C13H16N4O3. The van der Waals surface area contributed by atoms with Gasteiger partial charge in [-0.05, 0) is 26.3 Å². The number of nitro benzene ring substituents is 1. The van der Waals surface area contributed by atoms with Crippen molar-refractivity contribution in [1.29, 1.82) is 5.26 Å². The smallest absolute Gasteiger partial charge is 0.270 e. The molecule has 0 aliphatic carbocycles. The molecule has 0 heterocycles. The molecular weight excluding hydrogens is 260 g/mol.